The molecule has 1 aromatic carbocycles. The monoisotopic (exact) mass is 477 g/mol. The number of thiazole rings is 1. The van der Waals surface area contributed by atoms with Crippen molar-refractivity contribution in [1.82, 2.24) is 9.38 Å². The summed E-state index contributed by atoms with van der Waals surface area (Å²) in [6.07, 6.45) is 2.06. The van der Waals surface area contributed by atoms with E-state index in [1.165, 1.54) is 5.69 Å². The second kappa shape index (κ2) is 5.79. The molecule has 7 heteroatoms. The predicted molar refractivity (Wildman–Crippen MR) is 94.7 cm³/mol. The number of anilines is 1. The molecule has 0 amide bonds. The van der Waals surface area contributed by atoms with Crippen LogP contribution in [0.25, 0.3) is 4.96 Å². The molecular formula is C13H10Br3N3S. The van der Waals surface area contributed by atoms with Gasteiger partial charge in [0, 0.05) is 25.0 Å². The van der Waals surface area contributed by atoms with E-state index in [9.17, 15) is 0 Å². The molecule has 0 aliphatic carbocycles. The molecule has 3 aromatic rings. The van der Waals surface area contributed by atoms with Crippen molar-refractivity contribution in [3.8, 4) is 0 Å². The lowest BCUT2D eigenvalue weighted by atomic mass is 10.3. The van der Waals surface area contributed by atoms with Gasteiger partial charge in [0.05, 0.1) is 23.6 Å². The van der Waals surface area contributed by atoms with E-state index in [0.717, 1.165) is 36.3 Å². The van der Waals surface area contributed by atoms with E-state index >= 15 is 0 Å². The zero-order chi connectivity index (χ0) is 14.3. The lowest BCUT2D eigenvalue weighted by molar-refractivity contribution is 0.992. The van der Waals surface area contributed by atoms with E-state index in [-0.39, 0.29) is 0 Å². The van der Waals surface area contributed by atoms with Crippen molar-refractivity contribution in [2.24, 2.45) is 0 Å². The van der Waals surface area contributed by atoms with Crippen LogP contribution in [0.5, 0.6) is 0 Å². The summed E-state index contributed by atoms with van der Waals surface area (Å²) in [7, 11) is 0. The van der Waals surface area contributed by atoms with Gasteiger partial charge in [-0.1, -0.05) is 15.9 Å². The van der Waals surface area contributed by atoms with Gasteiger partial charge in [0.1, 0.15) is 0 Å². The van der Waals surface area contributed by atoms with Crippen molar-refractivity contribution in [1.29, 1.82) is 0 Å². The molecule has 0 aliphatic rings. The molecular weight excluding hydrogens is 470 g/mol. The Labute approximate surface area is 145 Å². The molecule has 2 aromatic heterocycles. The molecule has 2 heterocycles. The van der Waals surface area contributed by atoms with Crippen LogP contribution in [0.4, 0.5) is 5.69 Å². The topological polar surface area (TPSA) is 29.3 Å². The highest BCUT2D eigenvalue weighted by Crippen LogP contribution is 2.34. The van der Waals surface area contributed by atoms with Crippen molar-refractivity contribution in [3.05, 3.63) is 48.5 Å². The molecule has 1 N–H and O–H groups in total. The number of hydrogen-bond acceptors (Lipinski definition) is 3. The molecule has 3 rings (SSSR count). The molecule has 0 saturated heterocycles. The van der Waals surface area contributed by atoms with Crippen molar-refractivity contribution in [2.45, 2.75) is 13.5 Å². The van der Waals surface area contributed by atoms with Crippen LogP contribution in [-0.2, 0) is 6.54 Å². The standard InChI is InChI=1S/C13H10Br3N3S/c1-7-11(19-2-3-20-13(19)18-7)6-17-12-9(15)4-8(14)5-10(12)16/h2-5,17H,6H2,1H3. The minimum absolute atomic E-state index is 0.725. The van der Waals surface area contributed by atoms with Crippen LogP contribution >= 0.6 is 59.1 Å². The maximum atomic E-state index is 4.55. The first-order valence-electron chi connectivity index (χ1n) is 5.85. The van der Waals surface area contributed by atoms with E-state index in [0.29, 0.717) is 0 Å². The van der Waals surface area contributed by atoms with Crippen LogP contribution in [0.2, 0.25) is 0 Å². The smallest absolute Gasteiger partial charge is 0.194 e. The average molecular weight is 480 g/mol. The lowest BCUT2D eigenvalue weighted by Gasteiger charge is -2.11. The zero-order valence-corrected chi connectivity index (χ0v) is 16.0. The third kappa shape index (κ3) is 2.68. The van der Waals surface area contributed by atoms with E-state index in [1.54, 1.807) is 11.3 Å². The number of aromatic nitrogens is 2. The summed E-state index contributed by atoms with van der Waals surface area (Å²) < 4.78 is 5.20. The highest BCUT2D eigenvalue weighted by Gasteiger charge is 2.11. The number of fused-ring (bicyclic) bond motifs is 1. The number of nitrogens with one attached hydrogen (secondary N) is 1. The van der Waals surface area contributed by atoms with Crippen molar-refractivity contribution in [2.75, 3.05) is 5.32 Å². The van der Waals surface area contributed by atoms with Gasteiger partial charge in [-0.25, -0.2) is 4.98 Å². The molecule has 0 unspecified atom stereocenters. The van der Waals surface area contributed by atoms with Crippen LogP contribution < -0.4 is 5.32 Å². The minimum atomic E-state index is 0.725. The Kier molecular flexibility index (Phi) is 4.21. The van der Waals surface area contributed by atoms with Gasteiger partial charge in [0.15, 0.2) is 4.96 Å². The average Bonchev–Trinajstić information content (AvgIpc) is 2.90. The summed E-state index contributed by atoms with van der Waals surface area (Å²) in [6.45, 7) is 2.77. The molecule has 0 spiro atoms. The Balaban J connectivity index is 1.90. The van der Waals surface area contributed by atoms with Gasteiger partial charge in [-0.15, -0.1) is 11.3 Å². The molecule has 104 valence electrons. The fraction of sp³-hybridized carbons (Fsp3) is 0.154. The normalized spacial score (nSPS) is 11.2. The third-order valence-electron chi connectivity index (χ3n) is 3.00. The van der Waals surface area contributed by atoms with E-state index in [1.807, 2.05) is 19.1 Å². The van der Waals surface area contributed by atoms with Gasteiger partial charge < -0.3 is 5.32 Å². The maximum Gasteiger partial charge on any atom is 0.194 e. The number of halogens is 3. The largest absolute Gasteiger partial charge is 0.378 e. The number of rotatable bonds is 3. The Morgan fingerprint density at radius 1 is 1.25 bits per heavy atom. The number of aryl methyl sites for hydroxylation is 1. The second-order valence-electron chi connectivity index (χ2n) is 4.30. The van der Waals surface area contributed by atoms with Crippen LogP contribution in [-0.4, -0.2) is 9.38 Å². The molecule has 0 bridgehead atoms. The van der Waals surface area contributed by atoms with Gasteiger partial charge in [-0.2, -0.15) is 0 Å². The zero-order valence-electron chi connectivity index (χ0n) is 10.5. The van der Waals surface area contributed by atoms with Crippen molar-refractivity contribution >= 4 is 69.8 Å². The van der Waals surface area contributed by atoms with Gasteiger partial charge in [0.25, 0.3) is 0 Å². The number of benzene rings is 1. The molecule has 0 fully saturated rings. The first-order valence-corrected chi connectivity index (χ1v) is 9.11. The summed E-state index contributed by atoms with van der Waals surface area (Å²) in [5, 5.41) is 5.52. The highest BCUT2D eigenvalue weighted by atomic mass is 79.9. The number of imidazole rings is 1. The quantitative estimate of drug-likeness (QED) is 0.529. The Bertz CT molecular complexity index is 755. The Hall–Kier alpha value is -0.370. The summed E-state index contributed by atoms with van der Waals surface area (Å²) in [5.41, 5.74) is 3.29. The highest BCUT2D eigenvalue weighted by molar-refractivity contribution is 9.11. The summed E-state index contributed by atoms with van der Waals surface area (Å²) >= 11 is 12.3. The lowest BCUT2D eigenvalue weighted by Crippen LogP contribution is -2.04. The molecule has 3 nitrogen and oxygen atoms in total. The predicted octanol–water partition coefficient (Wildman–Crippen LogP) is 5.60. The van der Waals surface area contributed by atoms with Crippen molar-refractivity contribution < 1.29 is 0 Å². The fourth-order valence-electron chi connectivity index (χ4n) is 2.04. The molecule has 20 heavy (non-hydrogen) atoms. The summed E-state index contributed by atoms with van der Waals surface area (Å²) in [5.74, 6) is 0. The maximum absolute atomic E-state index is 4.55. The molecule has 0 saturated carbocycles. The van der Waals surface area contributed by atoms with E-state index in [4.69, 9.17) is 0 Å². The van der Waals surface area contributed by atoms with Gasteiger partial charge in [-0.3, -0.25) is 4.40 Å². The Morgan fingerprint density at radius 3 is 2.65 bits per heavy atom. The molecule has 0 atom stereocenters. The number of nitrogens with zero attached hydrogens (tertiary/aromatic N) is 2. The Morgan fingerprint density at radius 2 is 1.95 bits per heavy atom. The van der Waals surface area contributed by atoms with Gasteiger partial charge >= 0.3 is 0 Å². The first-order chi connectivity index (χ1) is 9.56. The van der Waals surface area contributed by atoms with Crippen LogP contribution in [0.15, 0.2) is 37.1 Å². The van der Waals surface area contributed by atoms with Crippen molar-refractivity contribution in [3.63, 3.8) is 0 Å². The number of hydrogen-bond donors (Lipinski definition) is 1. The second-order valence-corrected chi connectivity index (χ2v) is 7.79. The van der Waals surface area contributed by atoms with Crippen LogP contribution in [0, 0.1) is 6.92 Å². The first kappa shape index (κ1) is 14.6. The minimum Gasteiger partial charge on any atom is -0.378 e. The van der Waals surface area contributed by atoms with Gasteiger partial charge in [0.2, 0.25) is 0 Å². The SMILES string of the molecule is Cc1nc2sccn2c1CNc1c(Br)cc(Br)cc1Br. The van der Waals surface area contributed by atoms with Crippen LogP contribution in [0.3, 0.4) is 0 Å². The fourth-order valence-corrected chi connectivity index (χ4v) is 5.35. The molecule has 0 aliphatic heterocycles. The third-order valence-corrected chi connectivity index (χ3v) is 5.47. The molecule has 0 radical (unpaired) electrons. The van der Waals surface area contributed by atoms with E-state index < -0.39 is 0 Å². The van der Waals surface area contributed by atoms with E-state index in [2.05, 4.69) is 74.1 Å². The van der Waals surface area contributed by atoms with Gasteiger partial charge in [-0.05, 0) is 50.9 Å². The summed E-state index contributed by atoms with van der Waals surface area (Å²) in [6, 6.07) is 4.05. The summed E-state index contributed by atoms with van der Waals surface area (Å²) in [4.78, 5) is 5.59. The van der Waals surface area contributed by atoms with Crippen LogP contribution in [0.1, 0.15) is 11.4 Å².